The molecule has 0 aromatic carbocycles. The van der Waals surface area contributed by atoms with Gasteiger partial charge in [0.25, 0.3) is 5.78 Å². The molecular weight excluding hydrogens is 330 g/mol. The van der Waals surface area contributed by atoms with Gasteiger partial charge in [-0.3, -0.25) is 4.79 Å². The van der Waals surface area contributed by atoms with Gasteiger partial charge in [0.2, 0.25) is 11.1 Å². The Morgan fingerprint density at radius 2 is 2.04 bits per heavy atom. The van der Waals surface area contributed by atoms with Gasteiger partial charge in [-0.2, -0.15) is 4.98 Å². The molecule has 9 heteroatoms. The number of carboxylic acids is 1. The van der Waals surface area contributed by atoms with E-state index in [0.717, 1.165) is 23.1 Å². The van der Waals surface area contributed by atoms with E-state index in [1.54, 1.807) is 4.52 Å². The molecule has 1 atom stereocenters. The van der Waals surface area contributed by atoms with Crippen molar-refractivity contribution in [3.05, 3.63) is 17.5 Å². The summed E-state index contributed by atoms with van der Waals surface area (Å²) in [5.41, 5.74) is 1.75. The highest BCUT2D eigenvalue weighted by Gasteiger charge is 2.21. The number of amides is 1. The number of aliphatic carboxylic acids is 1. The minimum Gasteiger partial charge on any atom is -0.480 e. The third kappa shape index (κ3) is 4.67. The van der Waals surface area contributed by atoms with Crippen LogP contribution in [0.5, 0.6) is 0 Å². The smallest absolute Gasteiger partial charge is 0.326 e. The van der Waals surface area contributed by atoms with E-state index in [1.165, 1.54) is 0 Å². The van der Waals surface area contributed by atoms with Gasteiger partial charge in [0.05, 0.1) is 5.75 Å². The van der Waals surface area contributed by atoms with Crippen LogP contribution in [0.15, 0.2) is 11.2 Å². The minimum absolute atomic E-state index is 0.0524. The molecular formula is C15H21N5O3S. The molecule has 8 nitrogen and oxygen atoms in total. The summed E-state index contributed by atoms with van der Waals surface area (Å²) >= 11 is 1.15. The maximum atomic E-state index is 12.0. The first-order chi connectivity index (χ1) is 11.3. The van der Waals surface area contributed by atoms with Gasteiger partial charge in [-0.25, -0.2) is 14.3 Å². The van der Waals surface area contributed by atoms with E-state index in [-0.39, 0.29) is 17.6 Å². The molecule has 0 saturated heterocycles. The second-order valence-corrected chi connectivity index (χ2v) is 6.96. The first kappa shape index (κ1) is 18.2. The maximum Gasteiger partial charge on any atom is 0.326 e. The van der Waals surface area contributed by atoms with E-state index in [0.29, 0.717) is 17.4 Å². The second kappa shape index (κ2) is 7.61. The van der Waals surface area contributed by atoms with Crippen LogP contribution in [-0.2, 0) is 9.59 Å². The number of carbonyl (C=O) groups excluding carboxylic acids is 1. The molecule has 0 fully saturated rings. The summed E-state index contributed by atoms with van der Waals surface area (Å²) in [4.78, 5) is 31.7. The van der Waals surface area contributed by atoms with Crippen molar-refractivity contribution in [1.82, 2.24) is 24.9 Å². The molecule has 24 heavy (non-hydrogen) atoms. The number of nitrogens with zero attached hydrogens (tertiary/aromatic N) is 4. The van der Waals surface area contributed by atoms with E-state index >= 15 is 0 Å². The SMILES string of the molecule is Cc1cc(C)n2nc(SCC(=O)N[C@@H](CC(C)C)C(=O)O)nc2n1. The number of hydrogen-bond acceptors (Lipinski definition) is 6. The van der Waals surface area contributed by atoms with Crippen molar-refractivity contribution in [1.29, 1.82) is 0 Å². The van der Waals surface area contributed by atoms with E-state index in [4.69, 9.17) is 5.11 Å². The van der Waals surface area contributed by atoms with Gasteiger partial charge in [-0.15, -0.1) is 5.10 Å². The average Bonchev–Trinajstić information content (AvgIpc) is 2.87. The first-order valence-electron chi connectivity index (χ1n) is 7.62. The van der Waals surface area contributed by atoms with Gasteiger partial charge in [-0.1, -0.05) is 25.6 Å². The third-order valence-corrected chi connectivity index (χ3v) is 4.11. The van der Waals surface area contributed by atoms with Crippen LogP contribution in [0.25, 0.3) is 5.78 Å². The number of aromatic nitrogens is 4. The van der Waals surface area contributed by atoms with Crippen LogP contribution in [0.1, 0.15) is 31.7 Å². The van der Waals surface area contributed by atoms with E-state index in [9.17, 15) is 9.59 Å². The predicted octanol–water partition coefficient (Wildman–Crippen LogP) is 1.45. The molecule has 2 N–H and O–H groups in total. The highest BCUT2D eigenvalue weighted by molar-refractivity contribution is 7.99. The molecule has 1 amide bonds. The second-order valence-electron chi connectivity index (χ2n) is 6.02. The molecule has 0 bridgehead atoms. The zero-order valence-corrected chi connectivity index (χ0v) is 14.9. The van der Waals surface area contributed by atoms with E-state index in [1.807, 2.05) is 33.8 Å². The van der Waals surface area contributed by atoms with Crippen molar-refractivity contribution < 1.29 is 14.7 Å². The van der Waals surface area contributed by atoms with Crippen LogP contribution in [-0.4, -0.2) is 48.4 Å². The van der Waals surface area contributed by atoms with E-state index in [2.05, 4.69) is 20.4 Å². The van der Waals surface area contributed by atoms with Gasteiger partial charge in [0.15, 0.2) is 0 Å². The van der Waals surface area contributed by atoms with Crippen LogP contribution >= 0.6 is 11.8 Å². The molecule has 0 saturated carbocycles. The lowest BCUT2D eigenvalue weighted by atomic mass is 10.0. The highest BCUT2D eigenvalue weighted by atomic mass is 32.2. The van der Waals surface area contributed by atoms with Gasteiger partial charge in [0, 0.05) is 11.4 Å². The first-order valence-corrected chi connectivity index (χ1v) is 8.60. The fraction of sp³-hybridized carbons (Fsp3) is 0.533. The number of rotatable bonds is 7. The van der Waals surface area contributed by atoms with Crippen LogP contribution in [0.3, 0.4) is 0 Å². The monoisotopic (exact) mass is 351 g/mol. The predicted molar refractivity (Wildman–Crippen MR) is 90.0 cm³/mol. The molecule has 0 radical (unpaired) electrons. The molecule has 130 valence electrons. The van der Waals surface area contributed by atoms with Crippen LogP contribution in [0.4, 0.5) is 0 Å². The quantitative estimate of drug-likeness (QED) is 0.727. The standard InChI is InChI=1S/C15H21N5O3S/c1-8(2)5-11(13(22)23)17-12(21)7-24-15-18-14-16-9(3)6-10(4)20(14)19-15/h6,8,11H,5,7H2,1-4H3,(H,17,21)(H,22,23)/t11-/m0/s1. The van der Waals surface area contributed by atoms with Gasteiger partial charge in [-0.05, 0) is 32.3 Å². The lowest BCUT2D eigenvalue weighted by molar-refractivity contribution is -0.141. The van der Waals surface area contributed by atoms with Crippen molar-refractivity contribution in [2.75, 3.05) is 5.75 Å². The van der Waals surface area contributed by atoms with Crippen molar-refractivity contribution in [3.63, 3.8) is 0 Å². The zero-order valence-electron chi connectivity index (χ0n) is 14.1. The molecule has 0 unspecified atom stereocenters. The minimum atomic E-state index is -1.02. The zero-order chi connectivity index (χ0) is 17.9. The van der Waals surface area contributed by atoms with Gasteiger partial charge in [0.1, 0.15) is 6.04 Å². The maximum absolute atomic E-state index is 12.0. The Bertz CT molecular complexity index is 759. The Morgan fingerprint density at radius 1 is 1.33 bits per heavy atom. The fourth-order valence-corrected chi connectivity index (χ4v) is 2.90. The molecule has 2 aromatic heterocycles. The molecule has 2 rings (SSSR count). The summed E-state index contributed by atoms with van der Waals surface area (Å²) < 4.78 is 1.62. The Balaban J connectivity index is 1.98. The Kier molecular flexibility index (Phi) is 5.76. The van der Waals surface area contributed by atoms with Crippen LogP contribution < -0.4 is 5.32 Å². The number of hydrogen-bond donors (Lipinski definition) is 2. The number of fused-ring (bicyclic) bond motifs is 1. The van der Waals surface area contributed by atoms with Crippen molar-refractivity contribution in [3.8, 4) is 0 Å². The summed E-state index contributed by atoms with van der Waals surface area (Å²) in [6.45, 7) is 7.60. The molecule has 0 aliphatic carbocycles. The fourth-order valence-electron chi connectivity index (χ4n) is 2.27. The molecule has 2 heterocycles. The highest BCUT2D eigenvalue weighted by Crippen LogP contribution is 2.15. The third-order valence-electron chi connectivity index (χ3n) is 3.27. The van der Waals surface area contributed by atoms with Gasteiger partial charge < -0.3 is 10.4 Å². The number of carbonyl (C=O) groups is 2. The van der Waals surface area contributed by atoms with E-state index < -0.39 is 12.0 Å². The summed E-state index contributed by atoms with van der Waals surface area (Å²) in [6.07, 6.45) is 0.390. The van der Waals surface area contributed by atoms with Crippen molar-refractivity contribution >= 4 is 29.4 Å². The lowest BCUT2D eigenvalue weighted by Crippen LogP contribution is -2.42. The number of thioether (sulfide) groups is 1. The van der Waals surface area contributed by atoms with Crippen LogP contribution in [0, 0.1) is 19.8 Å². The summed E-state index contributed by atoms with van der Waals surface area (Å²) in [6, 6.07) is 1.02. The Hall–Kier alpha value is -2.16. The Morgan fingerprint density at radius 3 is 2.67 bits per heavy atom. The number of nitrogens with one attached hydrogen (secondary N) is 1. The van der Waals surface area contributed by atoms with Crippen molar-refractivity contribution in [2.24, 2.45) is 5.92 Å². The lowest BCUT2D eigenvalue weighted by Gasteiger charge is -2.15. The molecule has 2 aromatic rings. The largest absolute Gasteiger partial charge is 0.480 e. The van der Waals surface area contributed by atoms with Gasteiger partial charge >= 0.3 is 5.97 Å². The number of carboxylic acid groups (broad SMARTS) is 1. The summed E-state index contributed by atoms with van der Waals surface area (Å²) in [5, 5.41) is 16.4. The topological polar surface area (TPSA) is 109 Å². The molecule has 0 spiro atoms. The molecule has 0 aliphatic rings. The normalized spacial score (nSPS) is 12.5. The summed E-state index contributed by atoms with van der Waals surface area (Å²) in [7, 11) is 0. The number of aryl methyl sites for hydroxylation is 2. The van der Waals surface area contributed by atoms with Crippen LogP contribution in [0.2, 0.25) is 0 Å². The Labute approximate surface area is 144 Å². The average molecular weight is 351 g/mol. The van der Waals surface area contributed by atoms with Crippen molar-refractivity contribution in [2.45, 2.75) is 45.3 Å². The molecule has 0 aliphatic heterocycles. The summed E-state index contributed by atoms with van der Waals surface area (Å²) in [5.74, 6) is -0.664.